The van der Waals surface area contributed by atoms with Gasteiger partial charge in [-0.15, -0.1) is 0 Å². The van der Waals surface area contributed by atoms with Crippen LogP contribution >= 0.6 is 15.9 Å². The summed E-state index contributed by atoms with van der Waals surface area (Å²) in [6, 6.07) is 11.4. The van der Waals surface area contributed by atoms with E-state index in [0.717, 1.165) is 16.1 Å². The molecule has 104 valence electrons. The smallest absolute Gasteiger partial charge is 0.335 e. The van der Waals surface area contributed by atoms with Crippen LogP contribution in [0.3, 0.4) is 0 Å². The summed E-state index contributed by atoms with van der Waals surface area (Å²) >= 11 is 3.36. The molecule has 0 aliphatic rings. The third kappa shape index (κ3) is 3.36. The third-order valence-corrected chi connectivity index (χ3v) is 3.49. The standard InChI is InChI=1S/C15H13BrFNO2/c1-9(10-2-5-12(16)6-3-10)18-14-7-4-11(15(19)20)8-13(14)17/h2-9,18H,1H3,(H,19,20). The van der Waals surface area contributed by atoms with E-state index in [4.69, 9.17) is 5.11 Å². The van der Waals surface area contributed by atoms with E-state index in [9.17, 15) is 9.18 Å². The fourth-order valence-corrected chi connectivity index (χ4v) is 2.10. The van der Waals surface area contributed by atoms with Gasteiger partial charge >= 0.3 is 5.97 Å². The second kappa shape index (κ2) is 6.05. The minimum absolute atomic E-state index is 0.0654. The van der Waals surface area contributed by atoms with Crippen molar-refractivity contribution < 1.29 is 14.3 Å². The lowest BCUT2D eigenvalue weighted by molar-refractivity contribution is 0.0696. The van der Waals surface area contributed by atoms with Crippen LogP contribution in [0.4, 0.5) is 10.1 Å². The molecule has 0 amide bonds. The number of rotatable bonds is 4. The first-order valence-corrected chi connectivity index (χ1v) is 6.81. The summed E-state index contributed by atoms with van der Waals surface area (Å²) < 4.78 is 14.8. The summed E-state index contributed by atoms with van der Waals surface area (Å²) in [6.45, 7) is 1.91. The number of anilines is 1. The van der Waals surface area contributed by atoms with Crippen LogP contribution in [0.1, 0.15) is 28.9 Å². The lowest BCUT2D eigenvalue weighted by Crippen LogP contribution is -2.08. The van der Waals surface area contributed by atoms with Gasteiger partial charge in [0.15, 0.2) is 0 Å². The highest BCUT2D eigenvalue weighted by Crippen LogP contribution is 2.23. The second-order valence-corrected chi connectivity index (χ2v) is 5.33. The summed E-state index contributed by atoms with van der Waals surface area (Å²) in [5, 5.41) is 11.8. The van der Waals surface area contributed by atoms with Gasteiger partial charge in [0.2, 0.25) is 0 Å². The molecule has 0 radical (unpaired) electrons. The molecule has 0 saturated carbocycles. The maximum atomic E-state index is 13.8. The van der Waals surface area contributed by atoms with Crippen molar-refractivity contribution in [1.82, 2.24) is 0 Å². The van der Waals surface area contributed by atoms with Crippen molar-refractivity contribution in [2.24, 2.45) is 0 Å². The van der Waals surface area contributed by atoms with Gasteiger partial charge in [-0.1, -0.05) is 28.1 Å². The Hall–Kier alpha value is -1.88. The molecule has 0 heterocycles. The van der Waals surface area contributed by atoms with Gasteiger partial charge in [0.25, 0.3) is 0 Å². The first-order chi connectivity index (χ1) is 9.47. The van der Waals surface area contributed by atoms with E-state index in [-0.39, 0.29) is 17.3 Å². The molecule has 0 aromatic heterocycles. The average Bonchev–Trinajstić information content (AvgIpc) is 2.41. The summed E-state index contributed by atoms with van der Waals surface area (Å²) in [7, 11) is 0. The van der Waals surface area contributed by atoms with Gasteiger partial charge in [-0.3, -0.25) is 0 Å². The van der Waals surface area contributed by atoms with Crippen LogP contribution in [0.5, 0.6) is 0 Å². The zero-order valence-corrected chi connectivity index (χ0v) is 12.3. The lowest BCUT2D eigenvalue weighted by atomic mass is 10.1. The van der Waals surface area contributed by atoms with Crippen LogP contribution in [0.2, 0.25) is 0 Å². The fourth-order valence-electron chi connectivity index (χ4n) is 1.83. The number of carbonyl (C=O) groups is 1. The molecule has 20 heavy (non-hydrogen) atoms. The highest BCUT2D eigenvalue weighted by atomic mass is 79.9. The predicted molar refractivity (Wildman–Crippen MR) is 79.5 cm³/mol. The monoisotopic (exact) mass is 337 g/mol. The van der Waals surface area contributed by atoms with E-state index < -0.39 is 11.8 Å². The van der Waals surface area contributed by atoms with Crippen molar-refractivity contribution in [2.45, 2.75) is 13.0 Å². The molecule has 2 aromatic carbocycles. The van der Waals surface area contributed by atoms with Crippen LogP contribution in [-0.2, 0) is 0 Å². The molecule has 0 fully saturated rings. The van der Waals surface area contributed by atoms with Gasteiger partial charge in [-0.25, -0.2) is 9.18 Å². The van der Waals surface area contributed by atoms with Gasteiger partial charge < -0.3 is 10.4 Å². The fraction of sp³-hybridized carbons (Fsp3) is 0.133. The van der Waals surface area contributed by atoms with Crippen LogP contribution in [0.15, 0.2) is 46.9 Å². The molecule has 2 aromatic rings. The molecule has 5 heteroatoms. The van der Waals surface area contributed by atoms with Gasteiger partial charge in [-0.05, 0) is 42.8 Å². The molecular formula is C15H13BrFNO2. The molecular weight excluding hydrogens is 325 g/mol. The summed E-state index contributed by atoms with van der Waals surface area (Å²) in [5.74, 6) is -1.72. The van der Waals surface area contributed by atoms with Crippen LogP contribution in [0, 0.1) is 5.82 Å². The normalized spacial score (nSPS) is 11.9. The van der Waals surface area contributed by atoms with Crippen molar-refractivity contribution in [1.29, 1.82) is 0 Å². The topological polar surface area (TPSA) is 49.3 Å². The number of aromatic carboxylic acids is 1. The molecule has 1 atom stereocenters. The molecule has 2 rings (SSSR count). The highest BCUT2D eigenvalue weighted by molar-refractivity contribution is 9.10. The molecule has 0 aliphatic heterocycles. The van der Waals surface area contributed by atoms with Crippen LogP contribution in [-0.4, -0.2) is 11.1 Å². The van der Waals surface area contributed by atoms with E-state index in [1.54, 1.807) is 0 Å². The van der Waals surface area contributed by atoms with Gasteiger partial charge in [0, 0.05) is 10.5 Å². The molecule has 0 spiro atoms. The minimum Gasteiger partial charge on any atom is -0.478 e. The van der Waals surface area contributed by atoms with Gasteiger partial charge in [-0.2, -0.15) is 0 Å². The number of carboxylic acids is 1. The number of nitrogens with one attached hydrogen (secondary N) is 1. The Morgan fingerprint density at radius 2 is 1.90 bits per heavy atom. The largest absolute Gasteiger partial charge is 0.478 e. The highest BCUT2D eigenvalue weighted by Gasteiger charge is 2.11. The van der Waals surface area contributed by atoms with Crippen LogP contribution in [0.25, 0.3) is 0 Å². The molecule has 0 bridgehead atoms. The van der Waals surface area contributed by atoms with E-state index >= 15 is 0 Å². The zero-order valence-electron chi connectivity index (χ0n) is 10.7. The number of halogens is 2. The molecule has 2 N–H and O–H groups in total. The second-order valence-electron chi connectivity index (χ2n) is 4.42. The molecule has 3 nitrogen and oxygen atoms in total. The summed E-state index contributed by atoms with van der Waals surface area (Å²) in [5.41, 5.74) is 1.23. The van der Waals surface area contributed by atoms with Crippen molar-refractivity contribution in [3.63, 3.8) is 0 Å². The summed E-state index contributed by atoms with van der Waals surface area (Å²) in [4.78, 5) is 10.7. The lowest BCUT2D eigenvalue weighted by Gasteiger charge is -2.16. The Morgan fingerprint density at radius 1 is 1.25 bits per heavy atom. The summed E-state index contributed by atoms with van der Waals surface area (Å²) in [6.07, 6.45) is 0. The molecule has 0 saturated heterocycles. The maximum absolute atomic E-state index is 13.8. The third-order valence-electron chi connectivity index (χ3n) is 2.96. The minimum atomic E-state index is -1.14. The average molecular weight is 338 g/mol. The Labute approximate surface area is 124 Å². The first-order valence-electron chi connectivity index (χ1n) is 6.02. The number of hydrogen-bond donors (Lipinski definition) is 2. The van der Waals surface area contributed by atoms with Crippen molar-refractivity contribution in [3.05, 3.63) is 63.9 Å². The SMILES string of the molecule is CC(Nc1ccc(C(=O)O)cc1F)c1ccc(Br)cc1. The first kappa shape index (κ1) is 14.5. The van der Waals surface area contributed by atoms with Crippen molar-refractivity contribution >= 4 is 27.6 Å². The van der Waals surface area contributed by atoms with E-state index in [1.165, 1.54) is 12.1 Å². The van der Waals surface area contributed by atoms with E-state index in [0.29, 0.717) is 0 Å². The number of hydrogen-bond acceptors (Lipinski definition) is 2. The van der Waals surface area contributed by atoms with Gasteiger partial charge in [0.05, 0.1) is 11.3 Å². The predicted octanol–water partition coefficient (Wildman–Crippen LogP) is 4.46. The quantitative estimate of drug-likeness (QED) is 0.865. The number of carboxylic acid groups (broad SMARTS) is 1. The maximum Gasteiger partial charge on any atom is 0.335 e. The Morgan fingerprint density at radius 3 is 2.45 bits per heavy atom. The van der Waals surface area contributed by atoms with E-state index in [1.807, 2.05) is 31.2 Å². The van der Waals surface area contributed by atoms with Crippen molar-refractivity contribution in [2.75, 3.05) is 5.32 Å². The number of benzene rings is 2. The van der Waals surface area contributed by atoms with Crippen LogP contribution < -0.4 is 5.32 Å². The Balaban J connectivity index is 2.17. The Bertz CT molecular complexity index is 628. The Kier molecular flexibility index (Phi) is 4.39. The molecule has 0 aliphatic carbocycles. The van der Waals surface area contributed by atoms with E-state index in [2.05, 4.69) is 21.2 Å². The zero-order chi connectivity index (χ0) is 14.7. The molecule has 1 unspecified atom stereocenters. The van der Waals surface area contributed by atoms with Gasteiger partial charge in [0.1, 0.15) is 5.82 Å². The van der Waals surface area contributed by atoms with Crippen molar-refractivity contribution in [3.8, 4) is 0 Å².